The molecule has 2 heterocycles. The highest BCUT2D eigenvalue weighted by molar-refractivity contribution is 8.13. The number of aromatic nitrogens is 1. The Hall–Kier alpha value is -2.85. The van der Waals surface area contributed by atoms with Crippen LogP contribution in [0.15, 0.2) is 44.4 Å². The van der Waals surface area contributed by atoms with Crippen LogP contribution in [0.5, 0.6) is 0 Å². The van der Waals surface area contributed by atoms with E-state index < -0.39 is 37.7 Å². The lowest BCUT2D eigenvalue weighted by Gasteiger charge is -2.29. The number of hydrogen-bond donors (Lipinski definition) is 1. The second-order valence-corrected chi connectivity index (χ2v) is 9.58. The number of oxazole rings is 1. The summed E-state index contributed by atoms with van der Waals surface area (Å²) in [6.07, 6.45) is -0.500. The molecule has 0 fully saturated rings. The maximum Gasteiger partial charge on any atom is 0.420 e. The second-order valence-electron chi connectivity index (χ2n) is 7.04. The molecule has 1 aliphatic heterocycles. The van der Waals surface area contributed by atoms with Gasteiger partial charge in [0.1, 0.15) is 10.7 Å². The van der Waals surface area contributed by atoms with Crippen LogP contribution in [0, 0.1) is 5.82 Å². The molecular weight excluding hydrogens is 439 g/mol. The quantitative estimate of drug-likeness (QED) is 0.608. The number of rotatable bonds is 3. The summed E-state index contributed by atoms with van der Waals surface area (Å²) >= 11 is 0. The molecule has 0 bridgehead atoms. The van der Waals surface area contributed by atoms with E-state index in [4.69, 9.17) is 15.1 Å². The van der Waals surface area contributed by atoms with Crippen LogP contribution in [-0.2, 0) is 22.0 Å². The Bertz CT molecular complexity index is 1350. The standard InChI is InChI=1S/C19H16ClFN2O6S/c1-10(12-4-2-3-11-5-6-22(18(24)25)9-13(11)12)23-15-7-14(21)17(30(20,27)28)8-16(15)29-19(23)26/h2-4,7-8,10H,5-6,9H2,1H3,(H,24,25). The number of hydrogen-bond acceptors (Lipinski definition) is 5. The molecule has 0 radical (unpaired) electrons. The molecule has 11 heteroatoms. The monoisotopic (exact) mass is 454 g/mol. The zero-order valence-corrected chi connectivity index (χ0v) is 17.2. The minimum absolute atomic E-state index is 0.0672. The van der Waals surface area contributed by atoms with Gasteiger partial charge in [0.2, 0.25) is 0 Å². The van der Waals surface area contributed by atoms with Crippen LogP contribution >= 0.6 is 10.7 Å². The van der Waals surface area contributed by atoms with Gasteiger partial charge in [-0.1, -0.05) is 18.2 Å². The highest BCUT2D eigenvalue weighted by Gasteiger charge is 2.27. The molecule has 0 aliphatic carbocycles. The van der Waals surface area contributed by atoms with Crippen LogP contribution in [0.1, 0.15) is 29.7 Å². The molecule has 1 unspecified atom stereocenters. The Balaban J connectivity index is 1.87. The third-order valence-electron chi connectivity index (χ3n) is 5.35. The molecule has 2 aromatic carbocycles. The molecule has 1 N–H and O–H groups in total. The number of carboxylic acid groups (broad SMARTS) is 1. The van der Waals surface area contributed by atoms with Gasteiger partial charge in [0.25, 0.3) is 9.05 Å². The van der Waals surface area contributed by atoms with Crippen LogP contribution in [0.25, 0.3) is 11.1 Å². The fourth-order valence-electron chi connectivity index (χ4n) is 3.89. The molecule has 1 aliphatic rings. The van der Waals surface area contributed by atoms with Crippen LogP contribution in [0.4, 0.5) is 9.18 Å². The normalized spacial score (nSPS) is 15.2. The molecule has 0 saturated carbocycles. The molecule has 1 aromatic heterocycles. The van der Waals surface area contributed by atoms with Crippen molar-refractivity contribution in [2.45, 2.75) is 30.8 Å². The number of benzene rings is 2. The minimum atomic E-state index is -4.36. The van der Waals surface area contributed by atoms with E-state index in [-0.39, 0.29) is 17.6 Å². The van der Waals surface area contributed by atoms with Gasteiger partial charge < -0.3 is 14.4 Å². The first kappa shape index (κ1) is 20.4. The molecule has 0 saturated heterocycles. The van der Waals surface area contributed by atoms with Gasteiger partial charge in [-0.15, -0.1) is 0 Å². The highest BCUT2D eigenvalue weighted by Crippen LogP contribution is 2.32. The van der Waals surface area contributed by atoms with Crippen molar-refractivity contribution < 1.29 is 27.1 Å². The average molecular weight is 455 g/mol. The third kappa shape index (κ3) is 3.35. The summed E-state index contributed by atoms with van der Waals surface area (Å²) in [6.45, 7) is 2.24. The molecule has 4 rings (SSSR count). The molecule has 1 atom stereocenters. The average Bonchev–Trinajstić information content (AvgIpc) is 2.99. The Kier molecular flexibility index (Phi) is 4.86. The minimum Gasteiger partial charge on any atom is -0.465 e. The van der Waals surface area contributed by atoms with Crippen LogP contribution < -0.4 is 5.76 Å². The van der Waals surface area contributed by atoms with Gasteiger partial charge in [-0.25, -0.2) is 22.4 Å². The Morgan fingerprint density at radius 3 is 2.73 bits per heavy atom. The number of halogens is 2. The van der Waals surface area contributed by atoms with Gasteiger partial charge in [-0.05, 0) is 30.0 Å². The van der Waals surface area contributed by atoms with Crippen molar-refractivity contribution in [2.24, 2.45) is 0 Å². The number of fused-ring (bicyclic) bond motifs is 2. The van der Waals surface area contributed by atoms with E-state index in [9.17, 15) is 27.5 Å². The molecule has 3 aromatic rings. The third-order valence-corrected chi connectivity index (χ3v) is 6.68. The smallest absolute Gasteiger partial charge is 0.420 e. The summed E-state index contributed by atoms with van der Waals surface area (Å²) in [5.74, 6) is -1.91. The lowest BCUT2D eigenvalue weighted by molar-refractivity contribution is 0.139. The van der Waals surface area contributed by atoms with E-state index in [1.54, 1.807) is 13.0 Å². The van der Waals surface area contributed by atoms with E-state index in [0.717, 1.165) is 23.3 Å². The zero-order valence-electron chi connectivity index (χ0n) is 15.6. The summed E-state index contributed by atoms with van der Waals surface area (Å²) in [7, 11) is 0.878. The van der Waals surface area contributed by atoms with Gasteiger partial charge in [0.05, 0.1) is 11.6 Å². The van der Waals surface area contributed by atoms with Gasteiger partial charge in [-0.2, -0.15) is 0 Å². The predicted octanol–water partition coefficient (Wildman–Crippen LogP) is 3.31. The predicted molar refractivity (Wildman–Crippen MR) is 106 cm³/mol. The largest absolute Gasteiger partial charge is 0.465 e. The fraction of sp³-hybridized carbons (Fsp3) is 0.263. The highest BCUT2D eigenvalue weighted by atomic mass is 35.7. The Labute approximate surface area is 174 Å². The summed E-state index contributed by atoms with van der Waals surface area (Å²) in [4.78, 5) is 24.5. The van der Waals surface area contributed by atoms with Crippen LogP contribution in [-0.4, -0.2) is 35.6 Å². The molecule has 30 heavy (non-hydrogen) atoms. The van der Waals surface area contributed by atoms with E-state index in [1.807, 2.05) is 12.1 Å². The lowest BCUT2D eigenvalue weighted by Crippen LogP contribution is -2.35. The summed E-state index contributed by atoms with van der Waals surface area (Å²) in [6, 6.07) is 6.63. The number of amides is 1. The maximum atomic E-state index is 14.4. The van der Waals surface area contributed by atoms with Gasteiger partial charge >= 0.3 is 11.8 Å². The van der Waals surface area contributed by atoms with E-state index in [1.165, 1.54) is 9.47 Å². The van der Waals surface area contributed by atoms with Crippen LogP contribution in [0.3, 0.4) is 0 Å². The van der Waals surface area contributed by atoms with Crippen molar-refractivity contribution in [3.05, 3.63) is 63.4 Å². The topological polar surface area (TPSA) is 110 Å². The first-order valence-electron chi connectivity index (χ1n) is 8.95. The summed E-state index contributed by atoms with van der Waals surface area (Å²) < 4.78 is 43.8. The Morgan fingerprint density at radius 1 is 1.33 bits per heavy atom. The first-order valence-corrected chi connectivity index (χ1v) is 11.3. The lowest BCUT2D eigenvalue weighted by atomic mass is 9.91. The van der Waals surface area contributed by atoms with Crippen molar-refractivity contribution in [3.63, 3.8) is 0 Å². The second kappa shape index (κ2) is 7.13. The van der Waals surface area contributed by atoms with E-state index in [0.29, 0.717) is 18.5 Å². The number of nitrogens with zero attached hydrogens (tertiary/aromatic N) is 2. The maximum absolute atomic E-state index is 14.4. The van der Waals surface area contributed by atoms with Gasteiger partial charge in [0.15, 0.2) is 5.58 Å². The first-order chi connectivity index (χ1) is 14.1. The SMILES string of the molecule is CC(c1cccc2c1CN(C(=O)O)CC2)n1c(=O)oc2cc(S(=O)(=O)Cl)c(F)cc21. The summed E-state index contributed by atoms with van der Waals surface area (Å²) in [5.41, 5.74) is 2.39. The fourth-order valence-corrected chi connectivity index (χ4v) is 4.78. The number of carbonyl (C=O) groups is 1. The molecule has 8 nitrogen and oxygen atoms in total. The Morgan fingerprint density at radius 2 is 2.07 bits per heavy atom. The van der Waals surface area contributed by atoms with Crippen molar-refractivity contribution >= 4 is 36.9 Å². The molecule has 158 valence electrons. The molecule has 0 spiro atoms. The van der Waals surface area contributed by atoms with Gasteiger partial charge in [-0.3, -0.25) is 4.57 Å². The zero-order chi connectivity index (χ0) is 21.8. The molecular formula is C19H16ClFN2O6S. The molecule has 1 amide bonds. The van der Waals surface area contributed by atoms with Crippen molar-refractivity contribution in [1.82, 2.24) is 9.47 Å². The van der Waals surface area contributed by atoms with Gasteiger partial charge in [0, 0.05) is 35.9 Å². The van der Waals surface area contributed by atoms with Crippen molar-refractivity contribution in [1.29, 1.82) is 0 Å². The van der Waals surface area contributed by atoms with E-state index >= 15 is 0 Å². The summed E-state index contributed by atoms with van der Waals surface area (Å²) in [5, 5.41) is 9.34. The van der Waals surface area contributed by atoms with Crippen LogP contribution in [0.2, 0.25) is 0 Å². The van der Waals surface area contributed by atoms with E-state index in [2.05, 4.69) is 0 Å². The van der Waals surface area contributed by atoms with Crippen molar-refractivity contribution in [3.8, 4) is 0 Å². The van der Waals surface area contributed by atoms with Crippen molar-refractivity contribution in [2.75, 3.05) is 6.54 Å².